The molecule has 5 nitrogen and oxygen atoms in total. The third-order valence-electron chi connectivity index (χ3n) is 3.98. The Morgan fingerprint density at radius 3 is 2.67 bits per heavy atom. The third kappa shape index (κ3) is 2.92. The molecule has 1 aliphatic carbocycles. The normalized spacial score (nSPS) is 13.0. The largest absolute Gasteiger partial charge is 0.384 e. The molecule has 0 atom stereocenters. The van der Waals surface area contributed by atoms with E-state index in [1.807, 2.05) is 19.0 Å². The highest BCUT2D eigenvalue weighted by Crippen LogP contribution is 2.32. The van der Waals surface area contributed by atoms with Crippen LogP contribution >= 0.6 is 0 Å². The van der Waals surface area contributed by atoms with E-state index in [2.05, 4.69) is 10.3 Å². The lowest BCUT2D eigenvalue weighted by Crippen LogP contribution is -2.24. The fraction of sp³-hybridized carbons (Fsp3) is 0.278. The lowest BCUT2D eigenvalue weighted by molar-refractivity contribution is 0.0979. The molecule has 1 aromatic carbocycles. The second-order valence-electron chi connectivity index (χ2n) is 6.04. The fourth-order valence-corrected chi connectivity index (χ4v) is 2.84. The average Bonchev–Trinajstić information content (AvgIpc) is 2.56. The van der Waals surface area contributed by atoms with Crippen LogP contribution < -0.4 is 5.32 Å². The van der Waals surface area contributed by atoms with Gasteiger partial charge in [0.1, 0.15) is 5.82 Å². The number of aromatic nitrogens is 1. The van der Waals surface area contributed by atoms with Crippen molar-refractivity contribution in [2.24, 2.45) is 0 Å². The summed E-state index contributed by atoms with van der Waals surface area (Å²) in [5.41, 5.74) is 1.22. The van der Waals surface area contributed by atoms with Crippen molar-refractivity contribution in [3.8, 4) is 0 Å². The maximum atomic E-state index is 13.9. The lowest BCUT2D eigenvalue weighted by Gasteiger charge is -2.21. The smallest absolute Gasteiger partial charge is 0.198 e. The molecule has 0 fully saturated rings. The van der Waals surface area contributed by atoms with Crippen LogP contribution in [0.1, 0.15) is 38.3 Å². The monoisotopic (exact) mass is 327 g/mol. The molecule has 1 aromatic heterocycles. The zero-order valence-electron chi connectivity index (χ0n) is 13.6. The Kier molecular flexibility index (Phi) is 4.40. The van der Waals surface area contributed by atoms with Crippen molar-refractivity contribution in [3.05, 3.63) is 58.7 Å². The summed E-state index contributed by atoms with van der Waals surface area (Å²) in [5.74, 6) is -1.19. The minimum absolute atomic E-state index is 0.105. The molecule has 3 rings (SSSR count). The Bertz CT molecular complexity index is 818. The molecule has 0 spiro atoms. The van der Waals surface area contributed by atoms with Crippen molar-refractivity contribution in [1.29, 1.82) is 0 Å². The third-order valence-corrected chi connectivity index (χ3v) is 3.98. The van der Waals surface area contributed by atoms with Gasteiger partial charge in [0.15, 0.2) is 11.6 Å². The van der Waals surface area contributed by atoms with Crippen LogP contribution in [0.5, 0.6) is 0 Å². The number of hydrogen-bond donors (Lipinski definition) is 1. The van der Waals surface area contributed by atoms with Gasteiger partial charge in [0.05, 0.1) is 11.1 Å². The van der Waals surface area contributed by atoms with Crippen LogP contribution in [0.15, 0.2) is 30.6 Å². The summed E-state index contributed by atoms with van der Waals surface area (Å²) in [4.78, 5) is 31.3. The number of carbonyl (C=O) groups is 2. The minimum atomic E-state index is -0.539. The van der Waals surface area contributed by atoms with E-state index in [9.17, 15) is 14.0 Å². The van der Waals surface area contributed by atoms with E-state index >= 15 is 0 Å². The van der Waals surface area contributed by atoms with E-state index in [1.54, 1.807) is 0 Å². The highest BCUT2D eigenvalue weighted by molar-refractivity contribution is 6.30. The summed E-state index contributed by atoms with van der Waals surface area (Å²) in [5, 5.41) is 3.09. The van der Waals surface area contributed by atoms with Crippen LogP contribution in [0.2, 0.25) is 0 Å². The van der Waals surface area contributed by atoms with Gasteiger partial charge in [-0.05, 0) is 45.3 Å². The molecule has 1 heterocycles. The van der Waals surface area contributed by atoms with Gasteiger partial charge in [-0.2, -0.15) is 0 Å². The van der Waals surface area contributed by atoms with Gasteiger partial charge in [0, 0.05) is 35.8 Å². The van der Waals surface area contributed by atoms with Crippen molar-refractivity contribution in [2.45, 2.75) is 6.42 Å². The zero-order chi connectivity index (χ0) is 17.3. The second kappa shape index (κ2) is 6.49. The molecule has 0 amide bonds. The summed E-state index contributed by atoms with van der Waals surface area (Å²) < 4.78 is 13.9. The van der Waals surface area contributed by atoms with Crippen LogP contribution in [0.3, 0.4) is 0 Å². The highest BCUT2D eigenvalue weighted by atomic mass is 19.1. The first kappa shape index (κ1) is 16.3. The van der Waals surface area contributed by atoms with Crippen LogP contribution in [-0.2, 0) is 0 Å². The zero-order valence-corrected chi connectivity index (χ0v) is 13.6. The standard InChI is InChI=1S/C18H18FN3O2/c1-22(2)7-3-5-21-15-9-11(19)8-13-16(15)18(24)14-10-20-6-4-12(14)17(13)23/h4,6,8-10,21H,3,5,7H2,1-2H3. The first-order valence-corrected chi connectivity index (χ1v) is 7.74. The van der Waals surface area contributed by atoms with Crippen LogP contribution in [-0.4, -0.2) is 48.6 Å². The Morgan fingerprint density at radius 1 is 1.12 bits per heavy atom. The van der Waals surface area contributed by atoms with Gasteiger partial charge in [0.2, 0.25) is 0 Å². The summed E-state index contributed by atoms with van der Waals surface area (Å²) in [7, 11) is 3.94. The van der Waals surface area contributed by atoms with Gasteiger partial charge in [-0.1, -0.05) is 0 Å². The SMILES string of the molecule is CN(C)CCCNc1cc(F)cc2c1C(=O)c1cnccc1C2=O. The molecule has 24 heavy (non-hydrogen) atoms. The number of pyridine rings is 1. The van der Waals surface area contributed by atoms with E-state index in [0.29, 0.717) is 12.2 Å². The van der Waals surface area contributed by atoms with Crippen molar-refractivity contribution in [3.63, 3.8) is 0 Å². The number of halogens is 1. The minimum Gasteiger partial charge on any atom is -0.384 e. The highest BCUT2D eigenvalue weighted by Gasteiger charge is 2.32. The van der Waals surface area contributed by atoms with Crippen molar-refractivity contribution in [1.82, 2.24) is 9.88 Å². The molecule has 0 radical (unpaired) electrons. The number of rotatable bonds is 5. The molecule has 1 N–H and O–H groups in total. The Balaban J connectivity index is 1.97. The number of carbonyl (C=O) groups excluding carboxylic acids is 2. The van der Waals surface area contributed by atoms with Gasteiger partial charge >= 0.3 is 0 Å². The molecule has 0 bridgehead atoms. The van der Waals surface area contributed by atoms with E-state index in [1.165, 1.54) is 24.5 Å². The Morgan fingerprint density at radius 2 is 1.92 bits per heavy atom. The number of nitrogens with one attached hydrogen (secondary N) is 1. The van der Waals surface area contributed by atoms with Crippen molar-refractivity contribution < 1.29 is 14.0 Å². The number of benzene rings is 1. The predicted octanol–water partition coefficient (Wildman–Crippen LogP) is 2.36. The van der Waals surface area contributed by atoms with Gasteiger partial charge in [-0.3, -0.25) is 14.6 Å². The Labute approximate surface area is 139 Å². The molecule has 2 aromatic rings. The number of anilines is 1. The maximum absolute atomic E-state index is 13.9. The number of hydrogen-bond acceptors (Lipinski definition) is 5. The van der Waals surface area contributed by atoms with Gasteiger partial charge in [-0.15, -0.1) is 0 Å². The van der Waals surface area contributed by atoms with Crippen LogP contribution in [0, 0.1) is 5.82 Å². The summed E-state index contributed by atoms with van der Waals surface area (Å²) in [6.45, 7) is 1.44. The topological polar surface area (TPSA) is 62.3 Å². The molecular weight excluding hydrogens is 309 g/mol. The van der Waals surface area contributed by atoms with Crippen molar-refractivity contribution in [2.75, 3.05) is 32.5 Å². The molecule has 1 aliphatic rings. The van der Waals surface area contributed by atoms with E-state index < -0.39 is 5.82 Å². The average molecular weight is 327 g/mol. The van der Waals surface area contributed by atoms with E-state index in [4.69, 9.17) is 0 Å². The van der Waals surface area contributed by atoms with Gasteiger partial charge < -0.3 is 10.2 Å². The predicted molar refractivity (Wildman–Crippen MR) is 89.2 cm³/mol. The fourth-order valence-electron chi connectivity index (χ4n) is 2.84. The lowest BCUT2D eigenvalue weighted by atomic mass is 9.84. The number of ketones is 2. The quantitative estimate of drug-likeness (QED) is 0.729. The van der Waals surface area contributed by atoms with E-state index in [0.717, 1.165) is 19.0 Å². The molecule has 0 saturated carbocycles. The molecule has 124 valence electrons. The first-order valence-electron chi connectivity index (χ1n) is 7.74. The molecule has 0 unspecified atom stereocenters. The van der Waals surface area contributed by atoms with Crippen molar-refractivity contribution >= 4 is 17.3 Å². The van der Waals surface area contributed by atoms with Crippen LogP contribution in [0.4, 0.5) is 10.1 Å². The second-order valence-corrected chi connectivity index (χ2v) is 6.04. The summed E-state index contributed by atoms with van der Waals surface area (Å²) in [6, 6.07) is 3.89. The van der Waals surface area contributed by atoms with Gasteiger partial charge in [-0.25, -0.2) is 4.39 Å². The maximum Gasteiger partial charge on any atom is 0.198 e. The Hall–Kier alpha value is -2.60. The van der Waals surface area contributed by atoms with Gasteiger partial charge in [0.25, 0.3) is 0 Å². The molecule has 0 aliphatic heterocycles. The molecular formula is C18H18FN3O2. The first-order chi connectivity index (χ1) is 11.5. The number of nitrogens with zero attached hydrogens (tertiary/aromatic N) is 2. The summed E-state index contributed by atoms with van der Waals surface area (Å²) >= 11 is 0. The number of fused-ring (bicyclic) bond motifs is 2. The van der Waals surface area contributed by atoms with Crippen LogP contribution in [0.25, 0.3) is 0 Å². The van der Waals surface area contributed by atoms with E-state index in [-0.39, 0.29) is 33.8 Å². The molecule has 0 saturated heterocycles. The summed E-state index contributed by atoms with van der Waals surface area (Å²) in [6.07, 6.45) is 3.67. The molecule has 6 heteroatoms.